The van der Waals surface area contributed by atoms with Crippen LogP contribution >= 0.6 is 11.6 Å². The number of likely N-dealkylation sites (tertiary alicyclic amines) is 1. The molecule has 0 N–H and O–H groups in total. The van der Waals surface area contributed by atoms with E-state index in [1.165, 1.54) is 6.39 Å². The molecule has 0 unspecified atom stereocenters. The van der Waals surface area contributed by atoms with Crippen molar-refractivity contribution in [2.24, 2.45) is 5.92 Å². The fraction of sp³-hybridized carbons (Fsp3) is 0.500. The number of aromatic nitrogens is 1. The third-order valence-electron chi connectivity index (χ3n) is 5.80. The predicted octanol–water partition coefficient (Wildman–Crippen LogP) is 2.80. The normalized spacial score (nSPS) is 21.7. The number of carbonyl (C=O) groups is 2. The quantitative estimate of drug-likeness (QED) is 0.700. The molecule has 1 aromatic heterocycles. The van der Waals surface area contributed by atoms with E-state index in [0.717, 1.165) is 0 Å². The number of oxazole rings is 1. The van der Waals surface area contributed by atoms with E-state index in [9.17, 15) is 9.59 Å². The Hall–Kier alpha value is -2.58. The van der Waals surface area contributed by atoms with E-state index in [1.54, 1.807) is 24.0 Å². The van der Waals surface area contributed by atoms with Crippen molar-refractivity contribution in [3.63, 3.8) is 0 Å². The lowest BCUT2D eigenvalue weighted by atomic mass is 9.90. The van der Waals surface area contributed by atoms with Gasteiger partial charge >= 0.3 is 0 Å². The Kier molecular flexibility index (Phi) is 6.77. The van der Waals surface area contributed by atoms with Crippen LogP contribution in [0.2, 0.25) is 5.02 Å². The minimum atomic E-state index is -0.186. The highest BCUT2D eigenvalue weighted by molar-refractivity contribution is 6.30. The maximum atomic E-state index is 13.0. The molecule has 0 saturated carbocycles. The number of morpholine rings is 1. The van der Waals surface area contributed by atoms with Crippen LogP contribution in [0, 0.1) is 12.8 Å². The molecule has 2 aliphatic heterocycles. The van der Waals surface area contributed by atoms with E-state index in [0.29, 0.717) is 74.5 Å². The second-order valence-electron chi connectivity index (χ2n) is 7.86. The van der Waals surface area contributed by atoms with E-state index in [1.807, 2.05) is 17.0 Å². The average Bonchev–Trinajstić information content (AvgIpc) is 3.22. The highest BCUT2D eigenvalue weighted by Crippen LogP contribution is 2.28. The molecule has 0 bridgehead atoms. The first-order valence-electron chi connectivity index (χ1n) is 10.5. The van der Waals surface area contributed by atoms with Crippen molar-refractivity contribution in [3.05, 3.63) is 47.1 Å². The molecule has 166 valence electrons. The van der Waals surface area contributed by atoms with Crippen molar-refractivity contribution in [3.8, 4) is 5.75 Å². The first-order chi connectivity index (χ1) is 15.0. The Balaban J connectivity index is 1.48. The number of amides is 2. The van der Waals surface area contributed by atoms with Gasteiger partial charge in [-0.2, -0.15) is 0 Å². The van der Waals surface area contributed by atoms with Crippen LogP contribution in [0.5, 0.6) is 5.75 Å². The fourth-order valence-electron chi connectivity index (χ4n) is 4.06. The monoisotopic (exact) mass is 447 g/mol. The van der Waals surface area contributed by atoms with Crippen LogP contribution in [0.15, 0.2) is 35.1 Å². The minimum Gasteiger partial charge on any atom is -0.490 e. The summed E-state index contributed by atoms with van der Waals surface area (Å²) >= 11 is 5.98. The molecule has 0 aliphatic carbocycles. The van der Waals surface area contributed by atoms with Crippen LogP contribution in [0.3, 0.4) is 0 Å². The van der Waals surface area contributed by atoms with Crippen LogP contribution < -0.4 is 4.74 Å². The number of piperidine rings is 1. The number of benzene rings is 1. The lowest BCUT2D eigenvalue weighted by Crippen LogP contribution is -2.50. The zero-order valence-corrected chi connectivity index (χ0v) is 18.2. The molecule has 31 heavy (non-hydrogen) atoms. The predicted molar refractivity (Wildman–Crippen MR) is 113 cm³/mol. The summed E-state index contributed by atoms with van der Waals surface area (Å²) in [7, 11) is 0. The summed E-state index contributed by atoms with van der Waals surface area (Å²) in [6.07, 6.45) is 2.01. The summed E-state index contributed by atoms with van der Waals surface area (Å²) in [5, 5.41) is 0.634. The number of rotatable bonds is 5. The number of aryl methyl sites for hydroxylation is 1. The smallest absolute Gasteiger partial charge is 0.276 e. The van der Waals surface area contributed by atoms with Crippen molar-refractivity contribution in [1.29, 1.82) is 0 Å². The second-order valence-corrected chi connectivity index (χ2v) is 8.30. The molecule has 2 amide bonds. The van der Waals surface area contributed by atoms with Crippen molar-refractivity contribution < 1.29 is 23.5 Å². The Morgan fingerprint density at radius 3 is 2.58 bits per heavy atom. The molecular weight excluding hydrogens is 422 g/mol. The molecule has 4 rings (SSSR count). The summed E-state index contributed by atoms with van der Waals surface area (Å²) in [6.45, 7) is 4.94. The molecule has 2 atom stereocenters. The Labute approximate surface area is 186 Å². The fourth-order valence-corrected chi connectivity index (χ4v) is 4.19. The third-order valence-corrected chi connectivity index (χ3v) is 6.05. The van der Waals surface area contributed by atoms with Crippen LogP contribution in [-0.2, 0) is 9.53 Å². The van der Waals surface area contributed by atoms with Crippen LogP contribution in [0.1, 0.15) is 29.1 Å². The summed E-state index contributed by atoms with van der Waals surface area (Å²) in [5.41, 5.74) is 0.315. The molecule has 2 fully saturated rings. The SMILES string of the molecule is Cc1ocnc1C(=O)N1CC[C@H](Oc2ccc(Cl)cc2)[C@@H](CC(=O)N2CCOCC2)C1. The van der Waals surface area contributed by atoms with Crippen molar-refractivity contribution in [2.75, 3.05) is 39.4 Å². The maximum Gasteiger partial charge on any atom is 0.276 e. The summed E-state index contributed by atoms with van der Waals surface area (Å²) < 4.78 is 16.8. The Morgan fingerprint density at radius 2 is 1.90 bits per heavy atom. The zero-order valence-electron chi connectivity index (χ0n) is 17.5. The molecular formula is C22H26ClN3O5. The van der Waals surface area contributed by atoms with Gasteiger partial charge in [0.25, 0.3) is 5.91 Å². The molecule has 8 nitrogen and oxygen atoms in total. The van der Waals surface area contributed by atoms with E-state index < -0.39 is 0 Å². The first kappa shape index (κ1) is 21.6. The van der Waals surface area contributed by atoms with Gasteiger partial charge in [-0.05, 0) is 31.2 Å². The van der Waals surface area contributed by atoms with Crippen LogP contribution in [0.25, 0.3) is 0 Å². The van der Waals surface area contributed by atoms with Gasteiger partial charge < -0.3 is 23.7 Å². The van der Waals surface area contributed by atoms with E-state index in [4.69, 9.17) is 25.5 Å². The van der Waals surface area contributed by atoms with Gasteiger partial charge in [0.1, 0.15) is 17.6 Å². The molecule has 2 aliphatic rings. The summed E-state index contributed by atoms with van der Waals surface area (Å²) in [6, 6.07) is 7.19. The van der Waals surface area contributed by atoms with Gasteiger partial charge in [0, 0.05) is 50.0 Å². The number of hydrogen-bond acceptors (Lipinski definition) is 6. The summed E-state index contributed by atoms with van der Waals surface area (Å²) in [4.78, 5) is 33.5. The van der Waals surface area contributed by atoms with Crippen molar-refractivity contribution >= 4 is 23.4 Å². The highest BCUT2D eigenvalue weighted by Gasteiger charge is 2.36. The van der Waals surface area contributed by atoms with Gasteiger partial charge in [0.2, 0.25) is 5.91 Å². The molecule has 3 heterocycles. The molecule has 1 aromatic carbocycles. The van der Waals surface area contributed by atoms with Crippen molar-refractivity contribution in [2.45, 2.75) is 25.9 Å². The van der Waals surface area contributed by atoms with Gasteiger partial charge in [0.05, 0.1) is 13.2 Å². The maximum absolute atomic E-state index is 13.0. The van der Waals surface area contributed by atoms with Crippen LogP contribution in [0.4, 0.5) is 0 Å². The van der Waals surface area contributed by atoms with E-state index >= 15 is 0 Å². The number of ether oxygens (including phenoxy) is 2. The second kappa shape index (κ2) is 9.70. The van der Waals surface area contributed by atoms with Crippen LogP contribution in [-0.4, -0.2) is 72.1 Å². The summed E-state index contributed by atoms with van der Waals surface area (Å²) in [5.74, 6) is 0.927. The van der Waals surface area contributed by atoms with Gasteiger partial charge in [0.15, 0.2) is 12.1 Å². The molecule has 2 aromatic rings. The molecule has 2 saturated heterocycles. The lowest BCUT2D eigenvalue weighted by Gasteiger charge is -2.39. The lowest BCUT2D eigenvalue weighted by molar-refractivity contribution is -0.137. The standard InChI is InChI=1S/C22H26ClN3O5/c1-15-21(24-14-30-15)22(28)26-7-6-19(31-18-4-2-17(23)3-5-18)16(13-26)12-20(27)25-8-10-29-11-9-25/h2-5,14,16,19H,6-13H2,1H3/t16-,19-/m0/s1. The number of nitrogens with zero attached hydrogens (tertiary/aromatic N) is 3. The number of hydrogen-bond donors (Lipinski definition) is 0. The number of carbonyl (C=O) groups excluding carboxylic acids is 2. The molecule has 0 radical (unpaired) electrons. The molecule has 0 spiro atoms. The Morgan fingerprint density at radius 1 is 1.16 bits per heavy atom. The van der Waals surface area contributed by atoms with E-state index in [-0.39, 0.29) is 23.8 Å². The van der Waals surface area contributed by atoms with E-state index in [2.05, 4.69) is 4.98 Å². The van der Waals surface area contributed by atoms with Crippen molar-refractivity contribution in [1.82, 2.24) is 14.8 Å². The highest BCUT2D eigenvalue weighted by atomic mass is 35.5. The Bertz CT molecular complexity index is 910. The van der Waals surface area contributed by atoms with Gasteiger partial charge in [-0.15, -0.1) is 0 Å². The first-order valence-corrected chi connectivity index (χ1v) is 10.9. The van der Waals surface area contributed by atoms with Gasteiger partial charge in [-0.3, -0.25) is 9.59 Å². The third kappa shape index (κ3) is 5.19. The zero-order chi connectivity index (χ0) is 21.8. The molecule has 9 heteroatoms. The largest absolute Gasteiger partial charge is 0.490 e. The van der Waals surface area contributed by atoms with Gasteiger partial charge in [-0.1, -0.05) is 11.6 Å². The van der Waals surface area contributed by atoms with Gasteiger partial charge in [-0.25, -0.2) is 4.98 Å². The minimum absolute atomic E-state index is 0.0601. The topological polar surface area (TPSA) is 85.1 Å². The average molecular weight is 448 g/mol. The number of halogens is 1.